The maximum Gasteiger partial charge on any atom is 0.305 e. The van der Waals surface area contributed by atoms with E-state index in [1.807, 2.05) is 36.4 Å². The second-order valence-electron chi connectivity index (χ2n) is 5.80. The van der Waals surface area contributed by atoms with E-state index < -0.39 is 10.1 Å². The minimum absolute atomic E-state index is 0.0161. The van der Waals surface area contributed by atoms with Crippen molar-refractivity contribution in [2.45, 2.75) is 26.1 Å². The number of aryl methyl sites for hydroxylation is 1. The number of carbonyl (C=O) groups excluding carboxylic acids is 1. The van der Waals surface area contributed by atoms with Crippen LogP contribution < -0.4 is 4.74 Å². The molecule has 7 heteroatoms. The zero-order chi connectivity index (χ0) is 19.0. The number of carbonyl (C=O) groups is 1. The molecular weight excluding hydrogens is 356 g/mol. The second kappa shape index (κ2) is 9.35. The van der Waals surface area contributed by atoms with Gasteiger partial charge in [0.15, 0.2) is 0 Å². The van der Waals surface area contributed by atoms with Gasteiger partial charge in [-0.1, -0.05) is 36.4 Å². The smallest absolute Gasteiger partial charge is 0.305 e. The molecule has 0 fully saturated rings. The molecule has 0 aliphatic heterocycles. The normalized spacial score (nSPS) is 11.2. The second-order valence-corrected chi connectivity index (χ2v) is 7.44. The zero-order valence-electron chi connectivity index (χ0n) is 14.8. The molecular formula is C19H22O6S. The number of hydrogen-bond donors (Lipinski definition) is 0. The zero-order valence-corrected chi connectivity index (χ0v) is 15.6. The summed E-state index contributed by atoms with van der Waals surface area (Å²) in [6, 6.07) is 14.9. The van der Waals surface area contributed by atoms with E-state index in [-0.39, 0.29) is 12.6 Å². The minimum atomic E-state index is -3.45. The summed E-state index contributed by atoms with van der Waals surface area (Å²) in [4.78, 5) is 11.2. The minimum Gasteiger partial charge on any atom is -0.489 e. The first kappa shape index (κ1) is 19.9. The fraction of sp³-hybridized carbons (Fsp3) is 0.316. The van der Waals surface area contributed by atoms with Crippen LogP contribution in [0.1, 0.15) is 23.1 Å². The van der Waals surface area contributed by atoms with E-state index in [1.165, 1.54) is 7.11 Å². The summed E-state index contributed by atoms with van der Waals surface area (Å²) in [6.45, 7) is 0.399. The van der Waals surface area contributed by atoms with Gasteiger partial charge in [-0.2, -0.15) is 8.42 Å². The molecule has 0 atom stereocenters. The van der Waals surface area contributed by atoms with E-state index in [9.17, 15) is 13.2 Å². The lowest BCUT2D eigenvalue weighted by atomic mass is 10.1. The fourth-order valence-corrected chi connectivity index (χ4v) is 2.56. The molecule has 0 aromatic heterocycles. The van der Waals surface area contributed by atoms with Crippen molar-refractivity contribution in [1.82, 2.24) is 0 Å². The standard InChI is InChI=1S/C19H22O6S/c1-23-19(20)11-10-15-4-3-5-18(12-15)24-13-16-6-8-17(9-7-16)14-25-26(2,21)22/h3-9,12H,10-11,13-14H2,1-2H3. The maximum absolute atomic E-state index is 11.2. The lowest BCUT2D eigenvalue weighted by molar-refractivity contribution is -0.140. The van der Waals surface area contributed by atoms with Crippen molar-refractivity contribution in [2.24, 2.45) is 0 Å². The Hall–Kier alpha value is -2.38. The molecule has 0 unspecified atom stereocenters. The van der Waals surface area contributed by atoms with Crippen molar-refractivity contribution in [3.63, 3.8) is 0 Å². The van der Waals surface area contributed by atoms with Crippen LogP contribution in [0.4, 0.5) is 0 Å². The highest BCUT2D eigenvalue weighted by Gasteiger charge is 2.05. The van der Waals surface area contributed by atoms with Crippen LogP contribution in [0.25, 0.3) is 0 Å². The average Bonchev–Trinajstić information content (AvgIpc) is 2.63. The van der Waals surface area contributed by atoms with Gasteiger partial charge in [-0.05, 0) is 35.2 Å². The van der Waals surface area contributed by atoms with Crippen LogP contribution in [0.15, 0.2) is 48.5 Å². The van der Waals surface area contributed by atoms with Gasteiger partial charge in [0.25, 0.3) is 10.1 Å². The first-order valence-corrected chi connectivity index (χ1v) is 9.88. The molecule has 0 saturated carbocycles. The van der Waals surface area contributed by atoms with Crippen LogP contribution >= 0.6 is 0 Å². The molecule has 0 radical (unpaired) electrons. The first-order chi connectivity index (χ1) is 12.4. The lowest BCUT2D eigenvalue weighted by Crippen LogP contribution is -2.03. The van der Waals surface area contributed by atoms with Crippen LogP contribution in [0.2, 0.25) is 0 Å². The van der Waals surface area contributed by atoms with Gasteiger partial charge in [0.2, 0.25) is 0 Å². The monoisotopic (exact) mass is 378 g/mol. The molecule has 140 valence electrons. The molecule has 0 saturated heterocycles. The van der Waals surface area contributed by atoms with Crippen LogP contribution in [0, 0.1) is 0 Å². The molecule has 2 aromatic rings. The highest BCUT2D eigenvalue weighted by Crippen LogP contribution is 2.17. The first-order valence-electron chi connectivity index (χ1n) is 8.06. The Morgan fingerprint density at radius 1 is 0.962 bits per heavy atom. The van der Waals surface area contributed by atoms with Crippen molar-refractivity contribution in [3.8, 4) is 5.75 Å². The molecule has 6 nitrogen and oxygen atoms in total. The van der Waals surface area contributed by atoms with Crippen LogP contribution in [0.3, 0.4) is 0 Å². The molecule has 0 aliphatic carbocycles. The number of hydrogen-bond acceptors (Lipinski definition) is 6. The SMILES string of the molecule is COC(=O)CCc1cccc(OCc2ccc(COS(C)(=O)=O)cc2)c1. The van der Waals surface area contributed by atoms with Crippen LogP contribution in [-0.2, 0) is 43.5 Å². The third-order valence-corrected chi connectivity index (χ3v) is 4.16. The van der Waals surface area contributed by atoms with E-state index >= 15 is 0 Å². The van der Waals surface area contributed by atoms with E-state index in [0.717, 1.165) is 28.7 Å². The molecule has 0 amide bonds. The molecule has 2 rings (SSSR count). The summed E-state index contributed by atoms with van der Waals surface area (Å²) in [6.07, 6.45) is 1.95. The largest absolute Gasteiger partial charge is 0.489 e. The van der Waals surface area contributed by atoms with Gasteiger partial charge in [0.1, 0.15) is 12.4 Å². The highest BCUT2D eigenvalue weighted by molar-refractivity contribution is 7.85. The van der Waals surface area contributed by atoms with E-state index in [0.29, 0.717) is 19.4 Å². The Balaban J connectivity index is 1.87. The molecule has 0 bridgehead atoms. The summed E-state index contributed by atoms with van der Waals surface area (Å²) >= 11 is 0. The third kappa shape index (κ3) is 7.25. The van der Waals surface area contributed by atoms with Crippen molar-refractivity contribution in [1.29, 1.82) is 0 Å². The Labute approximate surface area is 153 Å². The van der Waals surface area contributed by atoms with Crippen LogP contribution in [-0.4, -0.2) is 27.8 Å². The Morgan fingerprint density at radius 3 is 2.23 bits per heavy atom. The third-order valence-electron chi connectivity index (χ3n) is 3.61. The highest BCUT2D eigenvalue weighted by atomic mass is 32.2. The van der Waals surface area contributed by atoms with Gasteiger partial charge in [0.05, 0.1) is 20.0 Å². The van der Waals surface area contributed by atoms with E-state index in [4.69, 9.17) is 8.92 Å². The summed E-state index contributed by atoms with van der Waals surface area (Å²) < 4.78 is 37.2. The average molecular weight is 378 g/mol. The molecule has 0 heterocycles. The van der Waals surface area contributed by atoms with Gasteiger partial charge in [-0.25, -0.2) is 0 Å². The van der Waals surface area contributed by atoms with Crippen molar-refractivity contribution in [2.75, 3.05) is 13.4 Å². The van der Waals surface area contributed by atoms with Gasteiger partial charge >= 0.3 is 5.97 Å². The van der Waals surface area contributed by atoms with Crippen LogP contribution in [0.5, 0.6) is 5.75 Å². The van der Waals surface area contributed by atoms with Gasteiger partial charge in [0, 0.05) is 6.42 Å². The van der Waals surface area contributed by atoms with Gasteiger partial charge < -0.3 is 9.47 Å². The maximum atomic E-state index is 11.2. The molecule has 0 N–H and O–H groups in total. The molecule has 0 aliphatic rings. The Morgan fingerprint density at radius 2 is 1.62 bits per heavy atom. The molecule has 0 spiro atoms. The molecule has 2 aromatic carbocycles. The summed E-state index contributed by atoms with van der Waals surface area (Å²) in [7, 11) is -2.07. The number of methoxy groups -OCH3 is 1. The number of ether oxygens (including phenoxy) is 2. The summed E-state index contributed by atoms with van der Waals surface area (Å²) in [5.41, 5.74) is 2.72. The number of esters is 1. The molecule has 26 heavy (non-hydrogen) atoms. The summed E-state index contributed by atoms with van der Waals surface area (Å²) in [5.74, 6) is 0.480. The fourth-order valence-electron chi connectivity index (χ4n) is 2.21. The Bertz CT molecular complexity index is 827. The predicted molar refractivity (Wildman–Crippen MR) is 97.2 cm³/mol. The van der Waals surface area contributed by atoms with Gasteiger partial charge in [-0.15, -0.1) is 0 Å². The number of rotatable bonds is 9. The lowest BCUT2D eigenvalue weighted by Gasteiger charge is -2.09. The quantitative estimate of drug-likeness (QED) is 0.493. The van der Waals surface area contributed by atoms with Crippen molar-refractivity contribution < 1.29 is 26.9 Å². The van der Waals surface area contributed by atoms with E-state index in [2.05, 4.69) is 4.74 Å². The van der Waals surface area contributed by atoms with Gasteiger partial charge in [-0.3, -0.25) is 8.98 Å². The van der Waals surface area contributed by atoms with Crippen molar-refractivity contribution in [3.05, 3.63) is 65.2 Å². The topological polar surface area (TPSA) is 78.9 Å². The van der Waals surface area contributed by atoms with E-state index in [1.54, 1.807) is 12.1 Å². The van der Waals surface area contributed by atoms with Crippen molar-refractivity contribution >= 4 is 16.1 Å². The number of benzene rings is 2. The predicted octanol–water partition coefficient (Wildman–Crippen LogP) is 2.85. The Kier molecular flexibility index (Phi) is 7.17. The summed E-state index contributed by atoms with van der Waals surface area (Å²) in [5, 5.41) is 0.